The van der Waals surface area contributed by atoms with Crippen molar-refractivity contribution in [3.05, 3.63) is 111 Å². The van der Waals surface area contributed by atoms with Crippen molar-refractivity contribution in [2.24, 2.45) is 0 Å². The summed E-state index contributed by atoms with van der Waals surface area (Å²) in [5.41, 5.74) is 3.39. The van der Waals surface area contributed by atoms with Crippen molar-refractivity contribution in [2.75, 3.05) is 0 Å². The van der Waals surface area contributed by atoms with Crippen LogP contribution in [0.2, 0.25) is 5.02 Å². The molecule has 0 radical (unpaired) electrons. The standard InChI is InChI=1S/C29H29ClN6O2/c1-19-8-11-21-16-25(29(37)31-26(21)15-19)27(28-32-33-34-36(28)23-5-2-3-6-23)35(18-24-7-4-14-38-24)17-20-9-12-22(30)13-10-20/h4,7-16,23,27H,2-3,5-6,17-18H2,1H3,(H,31,37)/t27-/m1/s1. The number of nitrogens with zero attached hydrogens (tertiary/aromatic N) is 5. The molecule has 1 N–H and O–H groups in total. The Morgan fingerprint density at radius 1 is 1.11 bits per heavy atom. The molecule has 1 saturated carbocycles. The minimum absolute atomic E-state index is 0.158. The third-order valence-corrected chi connectivity index (χ3v) is 7.61. The quantitative estimate of drug-likeness (QED) is 0.266. The Bertz CT molecular complexity index is 1590. The molecule has 0 aliphatic heterocycles. The van der Waals surface area contributed by atoms with Crippen molar-refractivity contribution in [1.82, 2.24) is 30.1 Å². The lowest BCUT2D eigenvalue weighted by Gasteiger charge is -2.31. The molecule has 0 spiro atoms. The average molecular weight is 529 g/mol. The molecule has 2 aromatic carbocycles. The molecule has 38 heavy (non-hydrogen) atoms. The SMILES string of the molecule is Cc1ccc2cc([C@H](c3nnnn3C3CCCC3)N(Cc3ccc(Cl)cc3)Cc3ccco3)c(=O)[nH]c2c1. The van der Waals surface area contributed by atoms with E-state index in [0.29, 0.717) is 29.5 Å². The van der Waals surface area contributed by atoms with E-state index in [0.717, 1.165) is 53.5 Å². The lowest BCUT2D eigenvalue weighted by molar-refractivity contribution is 0.176. The summed E-state index contributed by atoms with van der Waals surface area (Å²) in [5.74, 6) is 1.45. The largest absolute Gasteiger partial charge is 0.468 e. The molecule has 3 aromatic heterocycles. The first-order valence-electron chi connectivity index (χ1n) is 13.0. The molecule has 194 valence electrons. The van der Waals surface area contributed by atoms with E-state index in [2.05, 4.69) is 31.5 Å². The number of fused-ring (bicyclic) bond motifs is 1. The molecule has 0 bridgehead atoms. The fraction of sp³-hybridized carbons (Fsp3) is 0.310. The highest BCUT2D eigenvalue weighted by molar-refractivity contribution is 6.30. The fourth-order valence-electron chi connectivity index (χ4n) is 5.49. The first-order valence-corrected chi connectivity index (χ1v) is 13.4. The van der Waals surface area contributed by atoms with Gasteiger partial charge < -0.3 is 9.40 Å². The summed E-state index contributed by atoms with van der Waals surface area (Å²) in [5, 5.41) is 14.7. The van der Waals surface area contributed by atoms with Gasteiger partial charge >= 0.3 is 0 Å². The number of pyridine rings is 1. The predicted octanol–water partition coefficient (Wildman–Crippen LogP) is 5.98. The van der Waals surface area contributed by atoms with Crippen LogP contribution in [0.3, 0.4) is 0 Å². The van der Waals surface area contributed by atoms with Gasteiger partial charge in [0.2, 0.25) is 0 Å². The number of nitrogens with one attached hydrogen (secondary N) is 1. The first kappa shape index (κ1) is 24.6. The molecular formula is C29H29ClN6O2. The van der Waals surface area contributed by atoms with Gasteiger partial charge in [-0.1, -0.05) is 48.7 Å². The van der Waals surface area contributed by atoms with Gasteiger partial charge in [0.25, 0.3) is 5.56 Å². The van der Waals surface area contributed by atoms with Crippen molar-refractivity contribution < 1.29 is 4.42 Å². The van der Waals surface area contributed by atoms with Gasteiger partial charge in [-0.15, -0.1) is 5.10 Å². The van der Waals surface area contributed by atoms with Crippen LogP contribution >= 0.6 is 11.6 Å². The van der Waals surface area contributed by atoms with Crippen LogP contribution in [-0.4, -0.2) is 30.1 Å². The van der Waals surface area contributed by atoms with Gasteiger partial charge in [0.1, 0.15) is 11.8 Å². The normalized spacial score (nSPS) is 15.0. The third kappa shape index (κ3) is 5.01. The number of rotatable bonds is 8. The van der Waals surface area contributed by atoms with E-state index in [1.807, 2.05) is 66.2 Å². The van der Waals surface area contributed by atoms with Gasteiger partial charge in [-0.3, -0.25) is 9.69 Å². The molecule has 0 amide bonds. The average Bonchev–Trinajstić information content (AvgIpc) is 3.69. The molecule has 1 fully saturated rings. The van der Waals surface area contributed by atoms with Gasteiger partial charge in [-0.2, -0.15) is 0 Å². The van der Waals surface area contributed by atoms with Crippen molar-refractivity contribution in [3.63, 3.8) is 0 Å². The van der Waals surface area contributed by atoms with Crippen LogP contribution in [0, 0.1) is 6.92 Å². The minimum Gasteiger partial charge on any atom is -0.468 e. The molecule has 1 aliphatic rings. The highest BCUT2D eigenvalue weighted by Gasteiger charge is 2.33. The fourth-order valence-corrected chi connectivity index (χ4v) is 5.61. The van der Waals surface area contributed by atoms with Crippen LogP contribution in [0.25, 0.3) is 10.9 Å². The van der Waals surface area contributed by atoms with E-state index in [9.17, 15) is 4.79 Å². The molecule has 3 heterocycles. The van der Waals surface area contributed by atoms with Crippen LogP contribution < -0.4 is 5.56 Å². The van der Waals surface area contributed by atoms with E-state index >= 15 is 0 Å². The molecule has 9 heteroatoms. The smallest absolute Gasteiger partial charge is 0.253 e. The van der Waals surface area contributed by atoms with Gasteiger partial charge in [0.05, 0.1) is 18.8 Å². The van der Waals surface area contributed by atoms with Crippen LogP contribution in [0.1, 0.15) is 66.0 Å². The van der Waals surface area contributed by atoms with Crippen molar-refractivity contribution >= 4 is 22.5 Å². The number of H-pyrrole nitrogens is 1. The van der Waals surface area contributed by atoms with Gasteiger partial charge in [0, 0.05) is 22.6 Å². The second kappa shape index (κ2) is 10.6. The Morgan fingerprint density at radius 2 is 1.92 bits per heavy atom. The van der Waals surface area contributed by atoms with E-state index in [1.54, 1.807) is 6.26 Å². The third-order valence-electron chi connectivity index (χ3n) is 7.36. The maximum absolute atomic E-state index is 13.7. The predicted molar refractivity (Wildman–Crippen MR) is 146 cm³/mol. The number of aryl methyl sites for hydroxylation is 1. The van der Waals surface area contributed by atoms with E-state index in [-0.39, 0.29) is 11.6 Å². The Kier molecular flexibility index (Phi) is 6.82. The minimum atomic E-state index is -0.513. The molecule has 8 nitrogen and oxygen atoms in total. The molecule has 1 atom stereocenters. The first-order chi connectivity index (χ1) is 18.5. The molecule has 5 aromatic rings. The van der Waals surface area contributed by atoms with Crippen LogP contribution in [-0.2, 0) is 13.1 Å². The highest BCUT2D eigenvalue weighted by Crippen LogP contribution is 2.35. The summed E-state index contributed by atoms with van der Waals surface area (Å²) in [6.45, 7) is 3.01. The monoisotopic (exact) mass is 528 g/mol. The molecular weight excluding hydrogens is 500 g/mol. The Hall–Kier alpha value is -3.75. The Balaban J connectivity index is 1.52. The number of aromatic amines is 1. The van der Waals surface area contributed by atoms with Crippen molar-refractivity contribution in [2.45, 2.75) is 57.8 Å². The summed E-state index contributed by atoms with van der Waals surface area (Å²) in [4.78, 5) is 19.0. The summed E-state index contributed by atoms with van der Waals surface area (Å²) in [6, 6.07) is 19.3. The van der Waals surface area contributed by atoms with Crippen LogP contribution in [0.4, 0.5) is 0 Å². The molecule has 6 rings (SSSR count). The zero-order valence-corrected chi connectivity index (χ0v) is 21.9. The topological polar surface area (TPSA) is 92.8 Å². The number of hydrogen-bond acceptors (Lipinski definition) is 6. The number of aromatic nitrogens is 5. The summed E-state index contributed by atoms with van der Waals surface area (Å²) < 4.78 is 7.70. The number of benzene rings is 2. The number of tetrazole rings is 1. The van der Waals surface area contributed by atoms with Crippen molar-refractivity contribution in [3.8, 4) is 0 Å². The molecule has 1 aliphatic carbocycles. The van der Waals surface area contributed by atoms with E-state index in [1.165, 1.54) is 0 Å². The summed E-state index contributed by atoms with van der Waals surface area (Å²) in [7, 11) is 0. The van der Waals surface area contributed by atoms with Gasteiger partial charge in [-0.05, 0) is 83.1 Å². The number of furan rings is 1. The second-order valence-electron chi connectivity index (χ2n) is 10.1. The number of hydrogen-bond donors (Lipinski definition) is 1. The number of halogens is 1. The lowest BCUT2D eigenvalue weighted by atomic mass is 10.0. The van der Waals surface area contributed by atoms with Gasteiger partial charge in [0.15, 0.2) is 5.82 Å². The van der Waals surface area contributed by atoms with Crippen LogP contribution in [0.5, 0.6) is 0 Å². The highest BCUT2D eigenvalue weighted by atomic mass is 35.5. The van der Waals surface area contributed by atoms with E-state index < -0.39 is 6.04 Å². The summed E-state index contributed by atoms with van der Waals surface area (Å²) in [6.07, 6.45) is 6.00. The van der Waals surface area contributed by atoms with Gasteiger partial charge in [-0.25, -0.2) is 4.68 Å². The Morgan fingerprint density at radius 3 is 2.68 bits per heavy atom. The maximum atomic E-state index is 13.7. The molecule has 0 unspecified atom stereocenters. The van der Waals surface area contributed by atoms with Crippen molar-refractivity contribution in [1.29, 1.82) is 0 Å². The second-order valence-corrected chi connectivity index (χ2v) is 10.5. The van der Waals surface area contributed by atoms with Crippen LogP contribution in [0.15, 0.2) is 76.1 Å². The van der Waals surface area contributed by atoms with E-state index in [4.69, 9.17) is 16.0 Å². The lowest BCUT2D eigenvalue weighted by Crippen LogP contribution is -2.35. The zero-order valence-electron chi connectivity index (χ0n) is 21.2. The maximum Gasteiger partial charge on any atom is 0.253 e. The molecule has 0 saturated heterocycles. The zero-order chi connectivity index (χ0) is 26.1. The Labute approximate surface area is 225 Å². The summed E-state index contributed by atoms with van der Waals surface area (Å²) >= 11 is 6.18.